The molecule has 0 atom stereocenters. The minimum absolute atomic E-state index is 0.137. The van der Waals surface area contributed by atoms with Crippen LogP contribution in [0.2, 0.25) is 0 Å². The third kappa shape index (κ3) is 3.33. The van der Waals surface area contributed by atoms with Crippen LogP contribution in [0.3, 0.4) is 0 Å². The fourth-order valence-electron chi connectivity index (χ4n) is 0.906. The van der Waals surface area contributed by atoms with E-state index < -0.39 is 25.0 Å². The van der Waals surface area contributed by atoms with Crippen molar-refractivity contribution in [1.82, 2.24) is 0 Å². The van der Waals surface area contributed by atoms with Gasteiger partial charge in [0.2, 0.25) is 0 Å². The van der Waals surface area contributed by atoms with Gasteiger partial charge >= 0.3 is 13.5 Å². The Bertz CT molecular complexity index is 353. The van der Waals surface area contributed by atoms with Gasteiger partial charge in [-0.05, 0) is 17.6 Å². The van der Waals surface area contributed by atoms with Gasteiger partial charge in [-0.15, -0.1) is 13.2 Å². The molecule has 1 aromatic carbocycles. The molecule has 0 fully saturated rings. The summed E-state index contributed by atoms with van der Waals surface area (Å²) in [5, 5.41) is 26.4. The number of halogens is 3. The number of alkyl halides is 3. The maximum absolute atomic E-state index is 11.7. The lowest BCUT2D eigenvalue weighted by Crippen LogP contribution is -2.29. The number of phenols is 1. The van der Waals surface area contributed by atoms with Crippen LogP contribution in [0.1, 0.15) is 0 Å². The van der Waals surface area contributed by atoms with E-state index in [4.69, 9.17) is 15.2 Å². The van der Waals surface area contributed by atoms with Crippen LogP contribution in [-0.4, -0.2) is 28.6 Å². The predicted molar refractivity (Wildman–Crippen MR) is 44.6 cm³/mol. The molecule has 3 N–H and O–H groups in total. The molecule has 0 aliphatic rings. The van der Waals surface area contributed by atoms with Crippen LogP contribution >= 0.6 is 0 Å². The van der Waals surface area contributed by atoms with Crippen molar-refractivity contribution in [2.45, 2.75) is 6.36 Å². The average molecular weight is 222 g/mol. The number of rotatable bonds is 2. The topological polar surface area (TPSA) is 69.9 Å². The van der Waals surface area contributed by atoms with E-state index in [2.05, 4.69) is 4.74 Å². The standard InChI is InChI=1S/C7H6BF3O4/c9-7(10,11)15-6-2-1-4(8(13)14)3-5(6)12/h1-3,12-14H. The maximum Gasteiger partial charge on any atom is 0.573 e. The van der Waals surface area contributed by atoms with E-state index in [1.165, 1.54) is 0 Å². The Kier molecular flexibility index (Phi) is 3.11. The van der Waals surface area contributed by atoms with Gasteiger partial charge in [-0.3, -0.25) is 0 Å². The van der Waals surface area contributed by atoms with Gasteiger partial charge in [0.25, 0.3) is 0 Å². The first-order valence-electron chi connectivity index (χ1n) is 3.74. The summed E-state index contributed by atoms with van der Waals surface area (Å²) < 4.78 is 38.7. The number of phenolic OH excluding ortho intramolecular Hbond substituents is 1. The number of ether oxygens (including phenoxy) is 1. The predicted octanol–water partition coefficient (Wildman–Crippen LogP) is -0.0294. The van der Waals surface area contributed by atoms with Gasteiger partial charge in [0, 0.05) is 0 Å². The molecule has 0 spiro atoms. The van der Waals surface area contributed by atoms with Crippen molar-refractivity contribution in [2.75, 3.05) is 0 Å². The zero-order chi connectivity index (χ0) is 11.6. The molecule has 0 aromatic heterocycles. The second-order valence-corrected chi connectivity index (χ2v) is 2.65. The summed E-state index contributed by atoms with van der Waals surface area (Å²) in [6.07, 6.45) is -4.91. The molecule has 15 heavy (non-hydrogen) atoms. The molecule has 0 aliphatic heterocycles. The van der Waals surface area contributed by atoms with Crippen molar-refractivity contribution in [3.05, 3.63) is 18.2 Å². The van der Waals surface area contributed by atoms with Gasteiger partial charge < -0.3 is 19.9 Å². The van der Waals surface area contributed by atoms with Gasteiger partial charge in [0.05, 0.1) is 0 Å². The summed E-state index contributed by atoms with van der Waals surface area (Å²) in [5.41, 5.74) is -0.137. The molecule has 0 aliphatic carbocycles. The minimum Gasteiger partial charge on any atom is -0.504 e. The van der Waals surface area contributed by atoms with Crippen LogP contribution in [0, 0.1) is 0 Å². The number of benzene rings is 1. The van der Waals surface area contributed by atoms with Crippen molar-refractivity contribution in [3.63, 3.8) is 0 Å². The van der Waals surface area contributed by atoms with Crippen LogP contribution in [0.15, 0.2) is 18.2 Å². The van der Waals surface area contributed by atoms with Crippen LogP contribution in [0.4, 0.5) is 13.2 Å². The fraction of sp³-hybridized carbons (Fsp3) is 0.143. The van der Waals surface area contributed by atoms with Crippen molar-refractivity contribution in [2.24, 2.45) is 0 Å². The fourth-order valence-corrected chi connectivity index (χ4v) is 0.906. The smallest absolute Gasteiger partial charge is 0.504 e. The Hall–Kier alpha value is -1.41. The van der Waals surface area contributed by atoms with E-state index in [9.17, 15) is 13.2 Å². The molecule has 0 bridgehead atoms. The average Bonchev–Trinajstić information content (AvgIpc) is 2.05. The highest BCUT2D eigenvalue weighted by Crippen LogP contribution is 2.29. The summed E-state index contributed by atoms with van der Waals surface area (Å²) in [4.78, 5) is 0. The maximum atomic E-state index is 11.7. The first-order valence-corrected chi connectivity index (χ1v) is 3.74. The molecule has 8 heteroatoms. The van der Waals surface area contributed by atoms with Gasteiger partial charge in [-0.25, -0.2) is 0 Å². The third-order valence-electron chi connectivity index (χ3n) is 1.51. The lowest BCUT2D eigenvalue weighted by molar-refractivity contribution is -0.275. The summed E-state index contributed by atoms with van der Waals surface area (Å²) >= 11 is 0. The van der Waals surface area contributed by atoms with Gasteiger partial charge in [0.1, 0.15) is 0 Å². The van der Waals surface area contributed by atoms with Gasteiger partial charge in [0.15, 0.2) is 11.5 Å². The molecule has 1 rings (SSSR count). The zero-order valence-corrected chi connectivity index (χ0v) is 7.19. The monoisotopic (exact) mass is 222 g/mol. The van der Waals surface area contributed by atoms with E-state index >= 15 is 0 Å². The molecular weight excluding hydrogens is 216 g/mol. The molecule has 0 saturated carbocycles. The SMILES string of the molecule is OB(O)c1ccc(OC(F)(F)F)c(O)c1. The van der Waals surface area contributed by atoms with Crippen LogP contribution in [0.5, 0.6) is 11.5 Å². The third-order valence-corrected chi connectivity index (χ3v) is 1.51. The van der Waals surface area contributed by atoms with Gasteiger partial charge in [-0.1, -0.05) is 6.07 Å². The zero-order valence-electron chi connectivity index (χ0n) is 7.19. The summed E-state index contributed by atoms with van der Waals surface area (Å²) in [6, 6.07) is 2.55. The quantitative estimate of drug-likeness (QED) is 0.614. The lowest BCUT2D eigenvalue weighted by atomic mass is 9.80. The van der Waals surface area contributed by atoms with E-state index in [0.29, 0.717) is 0 Å². The van der Waals surface area contributed by atoms with Crippen LogP contribution < -0.4 is 10.2 Å². The van der Waals surface area contributed by atoms with E-state index in [-0.39, 0.29) is 5.46 Å². The van der Waals surface area contributed by atoms with E-state index in [0.717, 1.165) is 18.2 Å². The highest BCUT2D eigenvalue weighted by molar-refractivity contribution is 6.58. The van der Waals surface area contributed by atoms with Crippen LogP contribution in [-0.2, 0) is 0 Å². The molecular formula is C7H6BF3O4. The van der Waals surface area contributed by atoms with E-state index in [1.54, 1.807) is 0 Å². The normalized spacial score (nSPS) is 11.3. The molecule has 0 saturated heterocycles. The molecule has 82 valence electrons. The van der Waals surface area contributed by atoms with Crippen molar-refractivity contribution < 1.29 is 33.1 Å². The number of hydrogen-bond donors (Lipinski definition) is 3. The summed E-state index contributed by atoms with van der Waals surface area (Å²) in [6.45, 7) is 0. The minimum atomic E-state index is -4.91. The summed E-state index contributed by atoms with van der Waals surface area (Å²) in [5.74, 6) is -1.62. The lowest BCUT2D eigenvalue weighted by Gasteiger charge is -2.10. The highest BCUT2D eigenvalue weighted by atomic mass is 19.4. The summed E-state index contributed by atoms with van der Waals surface area (Å²) in [7, 11) is -1.86. The first kappa shape index (κ1) is 11.7. The highest BCUT2D eigenvalue weighted by Gasteiger charge is 2.32. The molecule has 1 aromatic rings. The Morgan fingerprint density at radius 2 is 1.80 bits per heavy atom. The van der Waals surface area contributed by atoms with Crippen molar-refractivity contribution in [1.29, 1.82) is 0 Å². The molecule has 0 unspecified atom stereocenters. The number of hydrogen-bond acceptors (Lipinski definition) is 4. The largest absolute Gasteiger partial charge is 0.573 e. The first-order chi connectivity index (χ1) is 6.79. The number of aromatic hydroxyl groups is 1. The van der Waals surface area contributed by atoms with E-state index in [1.807, 2.05) is 0 Å². The Morgan fingerprint density at radius 3 is 2.20 bits per heavy atom. The van der Waals surface area contributed by atoms with Crippen LogP contribution in [0.25, 0.3) is 0 Å². The Labute approximate surface area is 82.7 Å². The van der Waals surface area contributed by atoms with Gasteiger partial charge in [-0.2, -0.15) is 0 Å². The molecule has 0 amide bonds. The molecule has 0 radical (unpaired) electrons. The second-order valence-electron chi connectivity index (χ2n) is 2.65. The Morgan fingerprint density at radius 1 is 1.20 bits per heavy atom. The molecule has 0 heterocycles. The van der Waals surface area contributed by atoms with Crippen molar-refractivity contribution >= 4 is 12.6 Å². The second kappa shape index (κ2) is 3.99. The van der Waals surface area contributed by atoms with Crippen molar-refractivity contribution in [3.8, 4) is 11.5 Å². The Balaban J connectivity index is 2.94. The molecule has 4 nitrogen and oxygen atoms in total.